The summed E-state index contributed by atoms with van der Waals surface area (Å²) in [6, 6.07) is 0. The largest absolute Gasteiger partial charge is 0.497 e. The summed E-state index contributed by atoms with van der Waals surface area (Å²) < 4.78 is 10.9. The van der Waals surface area contributed by atoms with Gasteiger partial charge in [0.05, 0.1) is 13.2 Å². The Bertz CT molecular complexity index is 367. The van der Waals surface area contributed by atoms with Crippen molar-refractivity contribution in [1.29, 1.82) is 0 Å². The molecule has 0 saturated heterocycles. The second-order valence-electron chi connectivity index (χ2n) is 4.68. The van der Waals surface area contributed by atoms with Crippen molar-refractivity contribution < 1.29 is 9.47 Å². The number of allylic oxidation sites excluding steroid dienone is 3. The summed E-state index contributed by atoms with van der Waals surface area (Å²) in [5.74, 6) is 2.06. The minimum Gasteiger partial charge on any atom is -0.497 e. The van der Waals surface area contributed by atoms with Crippen molar-refractivity contribution in [2.75, 3.05) is 14.2 Å². The van der Waals surface area contributed by atoms with E-state index in [1.807, 2.05) is 7.11 Å². The molecule has 15 heavy (non-hydrogen) atoms. The molecule has 0 N–H and O–H groups in total. The van der Waals surface area contributed by atoms with E-state index in [4.69, 9.17) is 9.47 Å². The van der Waals surface area contributed by atoms with E-state index in [2.05, 4.69) is 30.4 Å². The lowest BCUT2D eigenvalue weighted by molar-refractivity contribution is 0.0513. The number of ether oxygens (including phenoxy) is 2. The zero-order chi connectivity index (χ0) is 10.5. The van der Waals surface area contributed by atoms with E-state index in [0.29, 0.717) is 17.9 Å². The second kappa shape index (κ2) is 2.99. The molecule has 1 spiro atoms. The molecule has 3 aliphatic carbocycles. The lowest BCUT2D eigenvalue weighted by atomic mass is 9.74. The molecule has 2 nitrogen and oxygen atoms in total. The van der Waals surface area contributed by atoms with Crippen molar-refractivity contribution in [1.82, 2.24) is 0 Å². The van der Waals surface area contributed by atoms with Crippen LogP contribution in [-0.4, -0.2) is 20.3 Å². The Morgan fingerprint density at radius 3 is 2.93 bits per heavy atom. The van der Waals surface area contributed by atoms with Gasteiger partial charge in [-0.1, -0.05) is 18.2 Å². The molecule has 3 rings (SSSR count). The monoisotopic (exact) mass is 204 g/mol. The molecule has 0 radical (unpaired) electrons. The molecule has 0 aromatic heterocycles. The first-order chi connectivity index (χ1) is 7.29. The van der Waals surface area contributed by atoms with Gasteiger partial charge in [-0.2, -0.15) is 0 Å². The van der Waals surface area contributed by atoms with Crippen LogP contribution < -0.4 is 0 Å². The van der Waals surface area contributed by atoms with E-state index in [0.717, 1.165) is 5.76 Å². The molecule has 3 aliphatic rings. The average Bonchev–Trinajstić information content (AvgIpc) is 2.80. The van der Waals surface area contributed by atoms with Crippen LogP contribution in [0.5, 0.6) is 0 Å². The van der Waals surface area contributed by atoms with Gasteiger partial charge in [0.15, 0.2) is 0 Å². The van der Waals surface area contributed by atoms with Crippen molar-refractivity contribution in [2.45, 2.75) is 12.5 Å². The topological polar surface area (TPSA) is 18.5 Å². The fourth-order valence-electron chi connectivity index (χ4n) is 3.34. The van der Waals surface area contributed by atoms with Gasteiger partial charge in [0.25, 0.3) is 0 Å². The normalized spacial score (nSPS) is 45.5. The first-order valence-electron chi connectivity index (χ1n) is 5.46. The van der Waals surface area contributed by atoms with E-state index in [1.165, 1.54) is 6.42 Å². The Labute approximate surface area is 90.3 Å². The van der Waals surface area contributed by atoms with Gasteiger partial charge in [-0.05, 0) is 18.6 Å². The van der Waals surface area contributed by atoms with E-state index in [1.54, 1.807) is 7.11 Å². The highest BCUT2D eigenvalue weighted by molar-refractivity contribution is 5.38. The predicted octanol–water partition coefficient (Wildman–Crippen LogP) is 2.29. The van der Waals surface area contributed by atoms with Crippen molar-refractivity contribution in [2.24, 2.45) is 17.3 Å². The van der Waals surface area contributed by atoms with E-state index < -0.39 is 0 Å². The minimum absolute atomic E-state index is 0.172. The predicted molar refractivity (Wildman–Crippen MR) is 58.2 cm³/mol. The molecule has 4 unspecified atom stereocenters. The lowest BCUT2D eigenvalue weighted by Crippen LogP contribution is -2.32. The third-order valence-electron chi connectivity index (χ3n) is 4.03. The zero-order valence-corrected chi connectivity index (χ0v) is 9.14. The van der Waals surface area contributed by atoms with Crippen molar-refractivity contribution >= 4 is 0 Å². The van der Waals surface area contributed by atoms with Crippen LogP contribution in [-0.2, 0) is 9.47 Å². The number of hydrogen-bond acceptors (Lipinski definition) is 2. The summed E-state index contributed by atoms with van der Waals surface area (Å²) in [6.45, 7) is 0. The van der Waals surface area contributed by atoms with Crippen LogP contribution in [0.15, 0.2) is 36.1 Å². The van der Waals surface area contributed by atoms with Crippen molar-refractivity contribution in [3.63, 3.8) is 0 Å². The highest BCUT2D eigenvalue weighted by atomic mass is 16.5. The highest BCUT2D eigenvalue weighted by Crippen LogP contribution is 2.57. The molecule has 0 aromatic rings. The maximum atomic E-state index is 5.61. The van der Waals surface area contributed by atoms with Gasteiger partial charge in [0.1, 0.15) is 5.76 Å². The number of hydrogen-bond donors (Lipinski definition) is 0. The Hall–Kier alpha value is -1.02. The van der Waals surface area contributed by atoms with Gasteiger partial charge < -0.3 is 9.47 Å². The summed E-state index contributed by atoms with van der Waals surface area (Å²) in [4.78, 5) is 0. The molecule has 0 amide bonds. The Kier molecular flexibility index (Phi) is 1.84. The number of fused-ring (bicyclic) bond motifs is 1. The number of methoxy groups -OCH3 is 2. The third-order valence-corrected chi connectivity index (χ3v) is 4.03. The van der Waals surface area contributed by atoms with Gasteiger partial charge in [0.2, 0.25) is 0 Å². The Morgan fingerprint density at radius 1 is 1.33 bits per heavy atom. The van der Waals surface area contributed by atoms with Gasteiger partial charge in [-0.25, -0.2) is 0 Å². The minimum atomic E-state index is 0.172. The smallest absolute Gasteiger partial charge is 0.115 e. The van der Waals surface area contributed by atoms with Gasteiger partial charge in [0, 0.05) is 24.4 Å². The van der Waals surface area contributed by atoms with E-state index >= 15 is 0 Å². The lowest BCUT2D eigenvalue weighted by Gasteiger charge is -2.34. The van der Waals surface area contributed by atoms with Crippen LogP contribution in [0.2, 0.25) is 0 Å². The van der Waals surface area contributed by atoms with Crippen LogP contribution >= 0.6 is 0 Å². The van der Waals surface area contributed by atoms with Gasteiger partial charge >= 0.3 is 0 Å². The molecular formula is C13H16O2. The molecule has 0 aliphatic heterocycles. The summed E-state index contributed by atoms with van der Waals surface area (Å²) in [6.07, 6.45) is 12.7. The second-order valence-corrected chi connectivity index (χ2v) is 4.68. The van der Waals surface area contributed by atoms with Crippen LogP contribution in [0, 0.1) is 17.3 Å². The average molecular weight is 204 g/mol. The van der Waals surface area contributed by atoms with Crippen molar-refractivity contribution in [3.05, 3.63) is 36.1 Å². The fourth-order valence-corrected chi connectivity index (χ4v) is 3.34. The van der Waals surface area contributed by atoms with Crippen molar-refractivity contribution in [3.8, 4) is 0 Å². The number of rotatable bonds is 2. The first kappa shape index (κ1) is 9.22. The molecule has 2 bridgehead atoms. The van der Waals surface area contributed by atoms with Gasteiger partial charge in [-0.15, -0.1) is 0 Å². The Balaban J connectivity index is 2.01. The Morgan fingerprint density at radius 2 is 2.20 bits per heavy atom. The van der Waals surface area contributed by atoms with E-state index in [-0.39, 0.29) is 5.41 Å². The molecular weight excluding hydrogens is 188 g/mol. The molecule has 80 valence electrons. The molecule has 4 atom stereocenters. The fraction of sp³-hybridized carbons (Fsp3) is 0.538. The first-order valence-corrected chi connectivity index (χ1v) is 5.46. The summed E-state index contributed by atoms with van der Waals surface area (Å²) in [5, 5.41) is 0. The zero-order valence-electron chi connectivity index (χ0n) is 9.14. The van der Waals surface area contributed by atoms with Crippen LogP contribution in [0.3, 0.4) is 0 Å². The van der Waals surface area contributed by atoms with Crippen LogP contribution in [0.4, 0.5) is 0 Å². The van der Waals surface area contributed by atoms with Crippen LogP contribution in [0.1, 0.15) is 6.42 Å². The SMILES string of the molecule is COC1=CC23C=CC(C2)C(OC)C3C=C1. The van der Waals surface area contributed by atoms with E-state index in [9.17, 15) is 0 Å². The standard InChI is InChI=1S/C13H16O2/c1-14-10-3-4-11-12(15-2)9-5-6-13(11,7-9)8-10/h3-6,8-9,11-12H,7H2,1-2H3. The highest BCUT2D eigenvalue weighted by Gasteiger charge is 2.54. The van der Waals surface area contributed by atoms with Gasteiger partial charge in [-0.3, -0.25) is 0 Å². The molecule has 2 heteroatoms. The maximum absolute atomic E-state index is 5.61. The summed E-state index contributed by atoms with van der Waals surface area (Å²) in [5.41, 5.74) is 0.172. The van der Waals surface area contributed by atoms with Crippen LogP contribution in [0.25, 0.3) is 0 Å². The quantitative estimate of drug-likeness (QED) is 0.642. The molecule has 0 heterocycles. The molecule has 1 fully saturated rings. The third kappa shape index (κ3) is 1.08. The molecule has 0 aromatic carbocycles. The maximum Gasteiger partial charge on any atom is 0.115 e. The molecule has 1 saturated carbocycles. The summed E-state index contributed by atoms with van der Waals surface area (Å²) in [7, 11) is 3.54. The summed E-state index contributed by atoms with van der Waals surface area (Å²) >= 11 is 0.